The Labute approximate surface area is 167 Å². The number of anilines is 1. The highest BCUT2D eigenvalue weighted by atomic mass is 32.1. The fourth-order valence-corrected chi connectivity index (χ4v) is 3.63. The van der Waals surface area contributed by atoms with Crippen LogP contribution in [0.1, 0.15) is 35.3 Å². The largest absolute Gasteiger partial charge is 0.298 e. The van der Waals surface area contributed by atoms with Crippen LogP contribution in [0.2, 0.25) is 0 Å². The molecule has 0 radical (unpaired) electrons. The summed E-state index contributed by atoms with van der Waals surface area (Å²) in [6.45, 7) is 5.99. The predicted octanol–water partition coefficient (Wildman–Crippen LogP) is 5.48. The number of nitrogens with one attached hydrogen (secondary N) is 1. The molecule has 0 unspecified atom stereocenters. The Balaban J connectivity index is 1.71. The van der Waals surface area contributed by atoms with E-state index in [0.29, 0.717) is 22.2 Å². The fourth-order valence-electron chi connectivity index (χ4n) is 2.92. The van der Waals surface area contributed by atoms with Gasteiger partial charge in [-0.2, -0.15) is 0 Å². The van der Waals surface area contributed by atoms with Crippen LogP contribution in [0.3, 0.4) is 0 Å². The number of benzene rings is 2. The average Bonchev–Trinajstić information content (AvgIpc) is 3.10. The summed E-state index contributed by atoms with van der Waals surface area (Å²) in [6.07, 6.45) is 1.04. The van der Waals surface area contributed by atoms with E-state index < -0.39 is 4.92 Å². The van der Waals surface area contributed by atoms with Gasteiger partial charge in [-0.15, -0.1) is 11.3 Å². The Bertz CT molecular complexity index is 1010. The fraction of sp³-hybridized carbons (Fsp3) is 0.238. The van der Waals surface area contributed by atoms with Crippen LogP contribution in [0, 0.1) is 23.0 Å². The number of hydrogen-bond acceptors (Lipinski definition) is 5. The number of amides is 1. The number of hydrogen-bond donors (Lipinski definition) is 1. The average molecular weight is 395 g/mol. The maximum Gasteiger partial charge on any atom is 0.272 e. The van der Waals surface area contributed by atoms with Crippen LogP contribution in [0.25, 0.3) is 11.3 Å². The molecule has 1 amide bonds. The van der Waals surface area contributed by atoms with Crippen molar-refractivity contribution in [2.45, 2.75) is 27.2 Å². The van der Waals surface area contributed by atoms with Crippen LogP contribution in [0.15, 0.2) is 47.8 Å². The summed E-state index contributed by atoms with van der Waals surface area (Å²) in [5, 5.41) is 16.0. The molecule has 144 valence electrons. The molecule has 1 N–H and O–H groups in total. The van der Waals surface area contributed by atoms with Crippen molar-refractivity contribution in [2.75, 3.05) is 5.32 Å². The molecule has 7 heteroatoms. The van der Waals surface area contributed by atoms with E-state index in [4.69, 9.17) is 0 Å². The van der Waals surface area contributed by atoms with Gasteiger partial charge in [0.2, 0.25) is 0 Å². The third-order valence-electron chi connectivity index (χ3n) is 4.27. The SMILES string of the molecule is Cc1cc(C(=O)Nc2nc(-c3ccc(CC(C)C)cc3)cs2)ccc1[N+](=O)[O-]. The molecule has 0 aliphatic rings. The van der Waals surface area contributed by atoms with Crippen molar-refractivity contribution in [1.82, 2.24) is 4.98 Å². The molecule has 0 spiro atoms. The quantitative estimate of drug-likeness (QED) is 0.442. The number of aryl methyl sites for hydroxylation is 1. The molecule has 28 heavy (non-hydrogen) atoms. The summed E-state index contributed by atoms with van der Waals surface area (Å²) in [7, 11) is 0. The molecule has 0 saturated heterocycles. The molecule has 0 atom stereocenters. The zero-order valence-corrected chi connectivity index (χ0v) is 16.7. The molecule has 6 nitrogen and oxygen atoms in total. The maximum absolute atomic E-state index is 12.4. The van der Waals surface area contributed by atoms with Gasteiger partial charge < -0.3 is 0 Å². The Morgan fingerprint density at radius 1 is 1.21 bits per heavy atom. The molecular formula is C21H21N3O3S. The first-order valence-corrected chi connectivity index (χ1v) is 9.82. The third kappa shape index (κ3) is 4.61. The van der Waals surface area contributed by atoms with Crippen LogP contribution in [0.5, 0.6) is 0 Å². The van der Waals surface area contributed by atoms with Gasteiger partial charge in [-0.1, -0.05) is 38.1 Å². The first-order chi connectivity index (χ1) is 13.3. The first kappa shape index (κ1) is 19.7. The van der Waals surface area contributed by atoms with Crippen LogP contribution < -0.4 is 5.32 Å². The van der Waals surface area contributed by atoms with Gasteiger partial charge in [0.1, 0.15) is 0 Å². The van der Waals surface area contributed by atoms with Crippen LogP contribution >= 0.6 is 11.3 Å². The molecule has 0 aliphatic carbocycles. The smallest absolute Gasteiger partial charge is 0.272 e. The minimum absolute atomic E-state index is 0.00556. The molecular weight excluding hydrogens is 374 g/mol. The highest BCUT2D eigenvalue weighted by molar-refractivity contribution is 7.14. The lowest BCUT2D eigenvalue weighted by Crippen LogP contribution is -2.12. The Morgan fingerprint density at radius 3 is 2.54 bits per heavy atom. The van der Waals surface area contributed by atoms with E-state index in [1.165, 1.54) is 35.1 Å². The highest BCUT2D eigenvalue weighted by Crippen LogP contribution is 2.26. The van der Waals surface area contributed by atoms with E-state index >= 15 is 0 Å². The molecule has 1 aromatic heterocycles. The Kier molecular flexibility index (Phi) is 5.84. The molecule has 3 rings (SSSR count). The number of nitro groups is 1. The summed E-state index contributed by atoms with van der Waals surface area (Å²) in [5.41, 5.74) is 3.88. The van der Waals surface area contributed by atoms with Crippen molar-refractivity contribution in [1.29, 1.82) is 0 Å². The second kappa shape index (κ2) is 8.31. The summed E-state index contributed by atoms with van der Waals surface area (Å²) >= 11 is 1.34. The summed E-state index contributed by atoms with van der Waals surface area (Å²) in [6, 6.07) is 12.6. The molecule has 0 aliphatic heterocycles. The van der Waals surface area contributed by atoms with Gasteiger partial charge in [0, 0.05) is 28.1 Å². The monoisotopic (exact) mass is 395 g/mol. The van der Waals surface area contributed by atoms with Gasteiger partial charge in [0.05, 0.1) is 10.6 Å². The normalized spacial score (nSPS) is 10.9. The summed E-state index contributed by atoms with van der Waals surface area (Å²) in [4.78, 5) is 27.3. The Hall–Kier alpha value is -3.06. The van der Waals surface area contributed by atoms with Crippen LogP contribution in [0.4, 0.5) is 10.8 Å². The number of nitrogens with zero attached hydrogens (tertiary/aromatic N) is 2. The van der Waals surface area contributed by atoms with Crippen molar-refractivity contribution in [3.63, 3.8) is 0 Å². The summed E-state index contributed by atoms with van der Waals surface area (Å²) in [5.74, 6) is 0.265. The van der Waals surface area contributed by atoms with Crippen molar-refractivity contribution in [2.24, 2.45) is 5.92 Å². The van der Waals surface area contributed by atoms with E-state index in [1.807, 2.05) is 17.5 Å². The molecule has 0 bridgehead atoms. The third-order valence-corrected chi connectivity index (χ3v) is 5.03. The number of rotatable bonds is 6. The van der Waals surface area contributed by atoms with Crippen molar-refractivity contribution in [3.05, 3.63) is 74.6 Å². The van der Waals surface area contributed by atoms with Crippen molar-refractivity contribution in [3.8, 4) is 11.3 Å². The molecule has 1 heterocycles. The molecule has 3 aromatic rings. The number of thiazole rings is 1. The number of carbonyl (C=O) groups is 1. The molecule has 2 aromatic carbocycles. The van der Waals surface area contributed by atoms with E-state index in [1.54, 1.807) is 6.92 Å². The lowest BCUT2D eigenvalue weighted by Gasteiger charge is -2.05. The first-order valence-electron chi connectivity index (χ1n) is 8.94. The van der Waals surface area contributed by atoms with Crippen molar-refractivity contribution >= 4 is 28.1 Å². The predicted molar refractivity (Wildman–Crippen MR) is 112 cm³/mol. The van der Waals surface area contributed by atoms with Gasteiger partial charge in [0.25, 0.3) is 11.6 Å². The van der Waals surface area contributed by atoms with E-state index in [2.05, 4.69) is 36.3 Å². The Morgan fingerprint density at radius 2 is 1.93 bits per heavy atom. The number of carbonyl (C=O) groups excluding carboxylic acids is 1. The van der Waals surface area contributed by atoms with Gasteiger partial charge in [0.15, 0.2) is 5.13 Å². The van der Waals surface area contributed by atoms with Crippen LogP contribution in [-0.4, -0.2) is 15.8 Å². The van der Waals surface area contributed by atoms with Crippen LogP contribution in [-0.2, 0) is 6.42 Å². The maximum atomic E-state index is 12.4. The lowest BCUT2D eigenvalue weighted by atomic mass is 10.0. The summed E-state index contributed by atoms with van der Waals surface area (Å²) < 4.78 is 0. The van der Waals surface area contributed by atoms with E-state index in [0.717, 1.165) is 17.7 Å². The standard InChI is InChI=1S/C21H21N3O3S/c1-13(2)10-15-4-6-16(7-5-15)18-12-28-21(22-18)23-20(25)17-8-9-19(24(26)27)14(3)11-17/h4-9,11-13H,10H2,1-3H3,(H,22,23,25). The van der Waals surface area contributed by atoms with Gasteiger partial charge >= 0.3 is 0 Å². The van der Waals surface area contributed by atoms with Gasteiger partial charge in [-0.3, -0.25) is 20.2 Å². The van der Waals surface area contributed by atoms with E-state index in [-0.39, 0.29) is 11.6 Å². The minimum Gasteiger partial charge on any atom is -0.298 e. The van der Waals surface area contributed by atoms with Gasteiger partial charge in [-0.05, 0) is 37.0 Å². The molecule has 0 fully saturated rings. The second-order valence-electron chi connectivity index (χ2n) is 7.05. The minimum atomic E-state index is -0.462. The van der Waals surface area contributed by atoms with E-state index in [9.17, 15) is 14.9 Å². The topological polar surface area (TPSA) is 85.1 Å². The number of nitro benzene ring substituents is 1. The number of aromatic nitrogens is 1. The molecule has 0 saturated carbocycles. The highest BCUT2D eigenvalue weighted by Gasteiger charge is 2.15. The van der Waals surface area contributed by atoms with Crippen molar-refractivity contribution < 1.29 is 9.72 Å². The van der Waals surface area contributed by atoms with Gasteiger partial charge in [-0.25, -0.2) is 4.98 Å². The zero-order chi connectivity index (χ0) is 20.3. The zero-order valence-electron chi connectivity index (χ0n) is 15.9. The second-order valence-corrected chi connectivity index (χ2v) is 7.90. The lowest BCUT2D eigenvalue weighted by molar-refractivity contribution is -0.385.